The molecule has 0 fully saturated rings. The summed E-state index contributed by atoms with van der Waals surface area (Å²) in [6, 6.07) is 6.22. The molecule has 2 rings (SSSR count). The summed E-state index contributed by atoms with van der Waals surface area (Å²) >= 11 is 5.10. The molecule has 0 amide bonds. The maximum atomic E-state index is 10.7. The highest BCUT2D eigenvalue weighted by Crippen LogP contribution is 2.13. The molecular weight excluding hydrogens is 278 g/mol. The number of nitrogens with zero attached hydrogens (tertiary/aromatic N) is 4. The van der Waals surface area contributed by atoms with Gasteiger partial charge in [0.25, 0.3) is 5.69 Å². The number of hydrogen-bond donors (Lipinski definition) is 1. The minimum absolute atomic E-state index is 0.0221. The molecular formula is C12H13N5O2S. The fourth-order valence-electron chi connectivity index (χ4n) is 1.63. The van der Waals surface area contributed by atoms with Crippen LogP contribution in [0.15, 0.2) is 29.4 Å². The third kappa shape index (κ3) is 2.97. The monoisotopic (exact) mass is 291 g/mol. The summed E-state index contributed by atoms with van der Waals surface area (Å²) in [5.41, 5.74) is 0.644. The quantitative estimate of drug-likeness (QED) is 0.406. The standard InChI is InChI=1S/C12H13N5O2S/c1-8(2)11-14-15-12(20)16(11)13-7-9-4-3-5-10(6-9)17(18)19/h3-8H,1-2H3,(H,15,20)/b13-7-. The first kappa shape index (κ1) is 14.1. The lowest BCUT2D eigenvalue weighted by atomic mass is 10.2. The number of H-pyrrole nitrogens is 1. The average Bonchev–Trinajstić information content (AvgIpc) is 2.78. The van der Waals surface area contributed by atoms with Crippen molar-refractivity contribution in [3.63, 3.8) is 0 Å². The molecule has 1 heterocycles. The van der Waals surface area contributed by atoms with Gasteiger partial charge < -0.3 is 0 Å². The van der Waals surface area contributed by atoms with Crippen LogP contribution in [0.25, 0.3) is 0 Å². The molecule has 0 saturated heterocycles. The number of benzene rings is 1. The van der Waals surface area contributed by atoms with Crippen molar-refractivity contribution in [2.75, 3.05) is 0 Å². The van der Waals surface area contributed by atoms with Crippen molar-refractivity contribution in [1.82, 2.24) is 14.9 Å². The molecule has 0 aliphatic carbocycles. The zero-order chi connectivity index (χ0) is 14.7. The summed E-state index contributed by atoms with van der Waals surface area (Å²) in [5, 5.41) is 21.7. The number of rotatable bonds is 4. The zero-order valence-corrected chi connectivity index (χ0v) is 11.8. The Morgan fingerprint density at radius 2 is 2.30 bits per heavy atom. The molecule has 8 heteroatoms. The lowest BCUT2D eigenvalue weighted by Crippen LogP contribution is -2.01. The second kappa shape index (κ2) is 5.74. The zero-order valence-electron chi connectivity index (χ0n) is 11.0. The van der Waals surface area contributed by atoms with Crippen molar-refractivity contribution in [2.45, 2.75) is 19.8 Å². The highest BCUT2D eigenvalue weighted by molar-refractivity contribution is 7.71. The van der Waals surface area contributed by atoms with Gasteiger partial charge in [-0.15, -0.1) is 0 Å². The predicted molar refractivity (Wildman–Crippen MR) is 77.6 cm³/mol. The SMILES string of the molecule is CC(C)c1n[nH]c(=S)n1/N=C\c1cccc([N+](=O)[O-])c1. The molecule has 1 aromatic heterocycles. The van der Waals surface area contributed by atoms with Crippen molar-refractivity contribution < 1.29 is 4.92 Å². The number of non-ortho nitro benzene ring substituents is 1. The highest BCUT2D eigenvalue weighted by Gasteiger charge is 2.09. The van der Waals surface area contributed by atoms with Gasteiger partial charge in [0.15, 0.2) is 5.82 Å². The van der Waals surface area contributed by atoms with Crippen molar-refractivity contribution in [2.24, 2.45) is 5.10 Å². The third-order valence-electron chi connectivity index (χ3n) is 2.60. The van der Waals surface area contributed by atoms with E-state index in [1.54, 1.807) is 12.1 Å². The van der Waals surface area contributed by atoms with Crippen LogP contribution in [0.2, 0.25) is 0 Å². The molecule has 1 aromatic carbocycles. The number of aromatic amines is 1. The van der Waals surface area contributed by atoms with Crippen LogP contribution in [0, 0.1) is 14.9 Å². The van der Waals surface area contributed by atoms with E-state index in [9.17, 15) is 10.1 Å². The van der Waals surface area contributed by atoms with Gasteiger partial charge in [-0.3, -0.25) is 15.2 Å². The molecule has 0 atom stereocenters. The summed E-state index contributed by atoms with van der Waals surface area (Å²) in [5.74, 6) is 0.863. The number of nitro groups is 1. The van der Waals surface area contributed by atoms with E-state index in [-0.39, 0.29) is 11.6 Å². The summed E-state index contributed by atoms with van der Waals surface area (Å²) in [6.07, 6.45) is 1.52. The number of nitro benzene ring substituents is 1. The van der Waals surface area contributed by atoms with Crippen LogP contribution in [0.4, 0.5) is 5.69 Å². The van der Waals surface area contributed by atoms with Crippen molar-refractivity contribution in [3.05, 3.63) is 50.5 Å². The van der Waals surface area contributed by atoms with Gasteiger partial charge in [0, 0.05) is 23.6 Å². The third-order valence-corrected chi connectivity index (χ3v) is 2.86. The Labute approximate surface area is 120 Å². The molecule has 0 aliphatic heterocycles. The van der Waals surface area contributed by atoms with Crippen LogP contribution < -0.4 is 0 Å². The average molecular weight is 291 g/mol. The molecule has 0 saturated carbocycles. The van der Waals surface area contributed by atoms with E-state index in [4.69, 9.17) is 12.2 Å². The number of hydrogen-bond acceptors (Lipinski definition) is 5. The Kier molecular flexibility index (Phi) is 4.04. The molecule has 0 aliphatic rings. The fraction of sp³-hybridized carbons (Fsp3) is 0.250. The smallest absolute Gasteiger partial charge is 0.258 e. The minimum Gasteiger partial charge on any atom is -0.258 e. The van der Waals surface area contributed by atoms with Gasteiger partial charge in [-0.2, -0.15) is 14.9 Å². The highest BCUT2D eigenvalue weighted by atomic mass is 32.1. The molecule has 20 heavy (non-hydrogen) atoms. The van der Waals surface area contributed by atoms with Gasteiger partial charge >= 0.3 is 0 Å². The van der Waals surface area contributed by atoms with Crippen LogP contribution >= 0.6 is 12.2 Å². The first-order chi connectivity index (χ1) is 9.49. The van der Waals surface area contributed by atoms with E-state index in [0.717, 1.165) is 0 Å². The Morgan fingerprint density at radius 1 is 1.55 bits per heavy atom. The van der Waals surface area contributed by atoms with Gasteiger partial charge in [-0.05, 0) is 12.2 Å². The predicted octanol–water partition coefficient (Wildman–Crippen LogP) is 2.85. The summed E-state index contributed by atoms with van der Waals surface area (Å²) in [7, 11) is 0. The second-order valence-corrected chi connectivity index (χ2v) is 4.84. The Hall–Kier alpha value is -2.35. The molecule has 0 unspecified atom stereocenters. The van der Waals surface area contributed by atoms with Gasteiger partial charge in [0.05, 0.1) is 11.1 Å². The van der Waals surface area contributed by atoms with Crippen molar-refractivity contribution in [1.29, 1.82) is 0 Å². The largest absolute Gasteiger partial charge is 0.270 e. The second-order valence-electron chi connectivity index (χ2n) is 4.45. The summed E-state index contributed by atoms with van der Waals surface area (Å²) < 4.78 is 1.90. The molecule has 0 bridgehead atoms. The number of aromatic nitrogens is 3. The summed E-state index contributed by atoms with van der Waals surface area (Å²) in [4.78, 5) is 10.3. The molecule has 1 N–H and O–H groups in total. The van der Waals surface area contributed by atoms with E-state index >= 15 is 0 Å². The minimum atomic E-state index is -0.444. The molecule has 0 radical (unpaired) electrons. The fourth-order valence-corrected chi connectivity index (χ4v) is 1.82. The van der Waals surface area contributed by atoms with Crippen LogP contribution in [0.1, 0.15) is 31.2 Å². The molecule has 2 aromatic rings. The van der Waals surface area contributed by atoms with Gasteiger partial charge in [0.2, 0.25) is 4.77 Å². The van der Waals surface area contributed by atoms with E-state index in [1.165, 1.54) is 23.0 Å². The van der Waals surface area contributed by atoms with Gasteiger partial charge in [-0.1, -0.05) is 26.0 Å². The van der Waals surface area contributed by atoms with E-state index < -0.39 is 4.92 Å². The van der Waals surface area contributed by atoms with Crippen LogP contribution in [-0.4, -0.2) is 26.0 Å². The molecule has 7 nitrogen and oxygen atoms in total. The Bertz CT molecular complexity index is 717. The van der Waals surface area contributed by atoms with Crippen LogP contribution in [-0.2, 0) is 0 Å². The molecule has 0 spiro atoms. The lowest BCUT2D eigenvalue weighted by Gasteiger charge is -2.02. The van der Waals surface area contributed by atoms with Gasteiger partial charge in [0.1, 0.15) is 0 Å². The molecule has 104 valence electrons. The number of nitrogens with one attached hydrogen (secondary N) is 1. The van der Waals surface area contributed by atoms with Crippen LogP contribution in [0.5, 0.6) is 0 Å². The van der Waals surface area contributed by atoms with E-state index in [0.29, 0.717) is 16.2 Å². The normalized spacial score (nSPS) is 11.3. The van der Waals surface area contributed by atoms with E-state index in [1.807, 2.05) is 13.8 Å². The van der Waals surface area contributed by atoms with Crippen molar-refractivity contribution in [3.8, 4) is 0 Å². The lowest BCUT2D eigenvalue weighted by molar-refractivity contribution is -0.384. The maximum Gasteiger partial charge on any atom is 0.270 e. The maximum absolute atomic E-state index is 10.7. The Morgan fingerprint density at radius 3 is 2.95 bits per heavy atom. The summed E-state index contributed by atoms with van der Waals surface area (Å²) in [6.45, 7) is 3.95. The first-order valence-electron chi connectivity index (χ1n) is 5.95. The van der Waals surface area contributed by atoms with Crippen LogP contribution in [0.3, 0.4) is 0 Å². The van der Waals surface area contributed by atoms with Gasteiger partial charge in [-0.25, -0.2) is 0 Å². The van der Waals surface area contributed by atoms with Crippen molar-refractivity contribution >= 4 is 24.1 Å². The van der Waals surface area contributed by atoms with E-state index in [2.05, 4.69) is 15.3 Å². The Balaban J connectivity index is 2.35. The topological polar surface area (TPSA) is 89.1 Å². The first-order valence-corrected chi connectivity index (χ1v) is 6.36.